The fourth-order valence-corrected chi connectivity index (χ4v) is 1.89. The summed E-state index contributed by atoms with van der Waals surface area (Å²) in [5.74, 6) is -2.11. The predicted molar refractivity (Wildman–Crippen MR) is 63.8 cm³/mol. The quantitative estimate of drug-likeness (QED) is 0.671. The summed E-state index contributed by atoms with van der Waals surface area (Å²) in [5, 5.41) is 19.5. The van der Waals surface area contributed by atoms with Gasteiger partial charge in [0.05, 0.1) is 10.3 Å². The average Bonchev–Trinajstić information content (AvgIpc) is 2.28. The average molecular weight is 314 g/mol. The van der Waals surface area contributed by atoms with Crippen molar-refractivity contribution in [1.29, 1.82) is 0 Å². The Bertz CT molecular complexity index is 735. The maximum atomic E-state index is 11.7. The van der Waals surface area contributed by atoms with Crippen LogP contribution in [-0.4, -0.2) is 16.0 Å². The van der Waals surface area contributed by atoms with Gasteiger partial charge in [-0.15, -0.1) is 0 Å². The summed E-state index contributed by atoms with van der Waals surface area (Å²) >= 11 is 3.03. The molecule has 0 saturated heterocycles. The monoisotopic (exact) mass is 313 g/mol. The summed E-state index contributed by atoms with van der Waals surface area (Å²) < 4.78 is 5.22. The Labute approximate surface area is 107 Å². The Hall–Kier alpha value is -2.22. The number of carboxylic acid groups (broad SMARTS) is 1. The molecule has 2 rings (SSSR count). The lowest BCUT2D eigenvalue weighted by Crippen LogP contribution is -2.07. The van der Waals surface area contributed by atoms with E-state index in [-0.39, 0.29) is 11.0 Å². The summed E-state index contributed by atoms with van der Waals surface area (Å²) in [5.41, 5.74) is -1.48. The molecule has 7 nitrogen and oxygen atoms in total. The van der Waals surface area contributed by atoms with Gasteiger partial charge in [0, 0.05) is 16.6 Å². The predicted octanol–water partition coefficient (Wildman–Crippen LogP) is 2.16. The Morgan fingerprint density at radius 3 is 2.61 bits per heavy atom. The van der Waals surface area contributed by atoms with Crippen molar-refractivity contribution in [2.45, 2.75) is 0 Å². The van der Waals surface area contributed by atoms with Crippen LogP contribution < -0.4 is 5.43 Å². The lowest BCUT2D eigenvalue weighted by molar-refractivity contribution is -0.383. The second-order valence-electron chi connectivity index (χ2n) is 3.34. The number of rotatable bonds is 2. The van der Waals surface area contributed by atoms with Crippen molar-refractivity contribution < 1.29 is 19.2 Å². The number of benzene rings is 1. The molecule has 0 amide bonds. The highest BCUT2D eigenvalue weighted by atomic mass is 79.9. The van der Waals surface area contributed by atoms with Gasteiger partial charge in [-0.1, -0.05) is 15.9 Å². The van der Waals surface area contributed by atoms with Crippen molar-refractivity contribution in [2.24, 2.45) is 0 Å². The normalized spacial score (nSPS) is 10.5. The van der Waals surface area contributed by atoms with Gasteiger partial charge in [-0.05, 0) is 6.07 Å². The van der Waals surface area contributed by atoms with E-state index in [0.29, 0.717) is 4.47 Å². The van der Waals surface area contributed by atoms with Crippen LogP contribution in [0, 0.1) is 10.1 Å². The molecule has 1 heterocycles. The molecule has 0 radical (unpaired) electrons. The Morgan fingerprint density at radius 1 is 1.39 bits per heavy atom. The number of nitro groups is 1. The van der Waals surface area contributed by atoms with Crippen molar-refractivity contribution in [2.75, 3.05) is 0 Å². The highest BCUT2D eigenvalue weighted by molar-refractivity contribution is 9.10. The van der Waals surface area contributed by atoms with E-state index in [1.165, 1.54) is 6.07 Å². The van der Waals surface area contributed by atoms with Gasteiger partial charge in [-0.2, -0.15) is 0 Å². The highest BCUT2D eigenvalue weighted by Gasteiger charge is 2.20. The van der Waals surface area contributed by atoms with Crippen LogP contribution in [0.15, 0.2) is 31.9 Å². The van der Waals surface area contributed by atoms with E-state index >= 15 is 0 Å². The zero-order chi connectivity index (χ0) is 13.4. The summed E-state index contributed by atoms with van der Waals surface area (Å²) in [6, 6.07) is 3.25. The van der Waals surface area contributed by atoms with Crippen molar-refractivity contribution in [3.05, 3.63) is 48.8 Å². The molecule has 0 aliphatic carbocycles. The van der Waals surface area contributed by atoms with E-state index in [2.05, 4.69) is 15.9 Å². The smallest absolute Gasteiger partial charge is 0.371 e. The first-order chi connectivity index (χ1) is 8.40. The first kappa shape index (κ1) is 12.2. The number of nitrogens with zero attached hydrogens (tertiary/aromatic N) is 1. The standard InChI is InChI=1S/C10H4BrNO6/c11-4-1-5-7(13)3-8(10(14)15)18-9(5)6(2-4)12(16)17/h1-3H,(H,14,15). The highest BCUT2D eigenvalue weighted by Crippen LogP contribution is 2.28. The third-order valence-electron chi connectivity index (χ3n) is 2.18. The van der Waals surface area contributed by atoms with Crippen LogP contribution in [0.5, 0.6) is 0 Å². The van der Waals surface area contributed by atoms with E-state index in [0.717, 1.165) is 12.1 Å². The molecule has 0 fully saturated rings. The molecule has 0 atom stereocenters. The molecule has 1 N–H and O–H groups in total. The molecule has 18 heavy (non-hydrogen) atoms. The molecule has 0 aliphatic heterocycles. The van der Waals surface area contributed by atoms with Crippen LogP contribution in [-0.2, 0) is 0 Å². The summed E-state index contributed by atoms with van der Waals surface area (Å²) in [6.45, 7) is 0. The first-order valence-corrected chi connectivity index (χ1v) is 5.34. The van der Waals surface area contributed by atoms with E-state index in [1.54, 1.807) is 0 Å². The number of carboxylic acids is 1. The van der Waals surface area contributed by atoms with Gasteiger partial charge in [0.1, 0.15) is 0 Å². The lowest BCUT2D eigenvalue weighted by atomic mass is 10.2. The van der Waals surface area contributed by atoms with Gasteiger partial charge >= 0.3 is 11.7 Å². The molecular formula is C10H4BrNO6. The van der Waals surface area contributed by atoms with Crippen molar-refractivity contribution in [1.82, 2.24) is 0 Å². The largest absolute Gasteiger partial charge is 0.475 e. The maximum absolute atomic E-state index is 11.7. The van der Waals surface area contributed by atoms with Gasteiger partial charge in [0.15, 0.2) is 5.43 Å². The second kappa shape index (κ2) is 4.22. The first-order valence-electron chi connectivity index (χ1n) is 4.55. The minimum absolute atomic E-state index is 0.0546. The van der Waals surface area contributed by atoms with Crippen molar-refractivity contribution in [3.63, 3.8) is 0 Å². The van der Waals surface area contributed by atoms with E-state index in [4.69, 9.17) is 9.52 Å². The second-order valence-corrected chi connectivity index (χ2v) is 4.25. The summed E-state index contributed by atoms with van der Waals surface area (Å²) in [4.78, 5) is 32.5. The van der Waals surface area contributed by atoms with Crippen molar-refractivity contribution >= 4 is 38.6 Å². The number of non-ortho nitro benzene ring substituents is 1. The summed E-state index contributed by atoms with van der Waals surface area (Å²) in [6.07, 6.45) is 0. The fourth-order valence-electron chi connectivity index (χ4n) is 1.45. The van der Waals surface area contributed by atoms with Crippen LogP contribution in [0.1, 0.15) is 10.6 Å². The van der Waals surface area contributed by atoms with Gasteiger partial charge in [0.2, 0.25) is 11.3 Å². The fraction of sp³-hybridized carbons (Fsp3) is 0. The van der Waals surface area contributed by atoms with E-state index < -0.39 is 27.8 Å². The van der Waals surface area contributed by atoms with E-state index in [9.17, 15) is 19.7 Å². The number of fused-ring (bicyclic) bond motifs is 1. The molecule has 0 saturated carbocycles. The Kier molecular flexibility index (Phi) is 2.87. The third-order valence-corrected chi connectivity index (χ3v) is 2.64. The number of halogens is 1. The van der Waals surface area contributed by atoms with Crippen LogP contribution in [0.3, 0.4) is 0 Å². The molecule has 1 aromatic heterocycles. The third kappa shape index (κ3) is 1.97. The van der Waals surface area contributed by atoms with Gasteiger partial charge in [0.25, 0.3) is 0 Å². The van der Waals surface area contributed by atoms with Crippen LogP contribution in [0.25, 0.3) is 11.0 Å². The van der Waals surface area contributed by atoms with Crippen LogP contribution >= 0.6 is 15.9 Å². The zero-order valence-corrected chi connectivity index (χ0v) is 10.1. The minimum atomic E-state index is -1.47. The SMILES string of the molecule is O=C(O)c1cc(=O)c2cc(Br)cc([N+](=O)[O-])c2o1. The molecule has 0 spiro atoms. The van der Waals surface area contributed by atoms with Gasteiger partial charge in [-0.25, -0.2) is 4.79 Å². The molecule has 2 aromatic rings. The summed E-state index contributed by atoms with van der Waals surface area (Å²) in [7, 11) is 0. The zero-order valence-electron chi connectivity index (χ0n) is 8.55. The number of hydrogen-bond donors (Lipinski definition) is 1. The maximum Gasteiger partial charge on any atom is 0.371 e. The van der Waals surface area contributed by atoms with Gasteiger partial charge in [-0.3, -0.25) is 14.9 Å². The molecule has 92 valence electrons. The van der Waals surface area contributed by atoms with Crippen LogP contribution in [0.4, 0.5) is 5.69 Å². The van der Waals surface area contributed by atoms with E-state index in [1.807, 2.05) is 0 Å². The Balaban J connectivity index is 2.97. The lowest BCUT2D eigenvalue weighted by Gasteiger charge is -2.01. The molecule has 0 unspecified atom stereocenters. The molecule has 0 aliphatic rings. The van der Waals surface area contributed by atoms with Crippen LogP contribution in [0.2, 0.25) is 0 Å². The van der Waals surface area contributed by atoms with Crippen molar-refractivity contribution in [3.8, 4) is 0 Å². The minimum Gasteiger partial charge on any atom is -0.475 e. The molecule has 1 aromatic carbocycles. The number of hydrogen-bond acceptors (Lipinski definition) is 5. The number of aromatic carboxylic acids is 1. The molecular weight excluding hydrogens is 310 g/mol. The van der Waals surface area contributed by atoms with Gasteiger partial charge < -0.3 is 9.52 Å². The number of nitro benzene ring substituents is 1. The Morgan fingerprint density at radius 2 is 2.06 bits per heavy atom. The number of carbonyl (C=O) groups is 1. The topological polar surface area (TPSA) is 111 Å². The molecule has 0 bridgehead atoms. The molecule has 8 heteroatoms.